The minimum absolute atomic E-state index is 0.379. The van der Waals surface area contributed by atoms with Gasteiger partial charge in [-0.25, -0.2) is 28.8 Å². The molecule has 5 amide bonds. The highest BCUT2D eigenvalue weighted by Gasteiger charge is 2.47. The van der Waals surface area contributed by atoms with Crippen LogP contribution in [0.25, 0.3) is 0 Å². The molecule has 0 spiro atoms. The van der Waals surface area contributed by atoms with Crippen molar-refractivity contribution in [2.45, 2.75) is 81.9 Å². The van der Waals surface area contributed by atoms with Crippen LogP contribution >= 0.6 is 0 Å². The van der Waals surface area contributed by atoms with Crippen molar-refractivity contribution in [1.82, 2.24) is 26.6 Å². The van der Waals surface area contributed by atoms with E-state index in [9.17, 15) is 122 Å². The molecule has 0 heterocycles. The summed E-state index contributed by atoms with van der Waals surface area (Å²) in [6.07, 6.45) is -7.22. The zero-order chi connectivity index (χ0) is 62.7. The molecule has 1 fully saturated rings. The van der Waals surface area contributed by atoms with Crippen molar-refractivity contribution in [3.63, 3.8) is 0 Å². The molecule has 0 radical (unpaired) electrons. The fraction of sp³-hybridized carbons (Fsp3) is 0.435. The molecule has 12 N–H and O–H groups in total. The Balaban J connectivity index is 2.18. The van der Waals surface area contributed by atoms with E-state index in [1.165, 1.54) is 29.6 Å². The summed E-state index contributed by atoms with van der Waals surface area (Å²) in [4.78, 5) is 185. The van der Waals surface area contributed by atoms with Crippen LogP contribution in [0.3, 0.4) is 0 Å². The van der Waals surface area contributed by atoms with Gasteiger partial charge in [-0.3, -0.25) is 52.0 Å². The van der Waals surface area contributed by atoms with Crippen molar-refractivity contribution >= 4 is 113 Å². The van der Waals surface area contributed by atoms with Gasteiger partial charge in [-0.2, -0.15) is 25.3 Å². The summed E-state index contributed by atoms with van der Waals surface area (Å²) >= 11 is 0. The number of carbonyl (C=O) groups is 14. The van der Waals surface area contributed by atoms with E-state index < -0.39 is 236 Å². The number of hydrogen-bond donors (Lipinski definition) is 12. The minimum Gasteiger partial charge on any atom is -0.480 e. The quantitative estimate of drug-likeness (QED) is 0.0139. The van der Waals surface area contributed by atoms with E-state index in [1.54, 1.807) is 57.7 Å². The maximum Gasteiger partial charge on any atom is 0.375 e. The third kappa shape index (κ3) is 24.1. The summed E-state index contributed by atoms with van der Waals surface area (Å²) < 4.78 is 107. The van der Waals surface area contributed by atoms with Gasteiger partial charge in [0.15, 0.2) is 0 Å². The Labute approximate surface area is 468 Å². The highest BCUT2D eigenvalue weighted by atomic mass is 32.2. The van der Waals surface area contributed by atoms with Gasteiger partial charge in [0.2, 0.25) is 41.1 Å². The molecular weight excluding hydrogens is 1180 g/mol. The first-order valence-corrected chi connectivity index (χ1v) is 28.5. The van der Waals surface area contributed by atoms with E-state index in [0.29, 0.717) is 11.1 Å². The number of hydrogen-bond acceptors (Lipinski definition) is 22. The largest absolute Gasteiger partial charge is 0.480 e. The second-order valence-corrected chi connectivity index (χ2v) is 22.8. The van der Waals surface area contributed by atoms with E-state index >= 15 is 0 Å². The van der Waals surface area contributed by atoms with Gasteiger partial charge in [0, 0.05) is 24.2 Å². The number of rotatable bonds is 33. The van der Waals surface area contributed by atoms with Crippen LogP contribution in [0, 0.1) is 23.7 Å². The number of carboxylic acid groups (broad SMARTS) is 4. The lowest BCUT2D eigenvalue weighted by molar-refractivity contribution is -0.160. The SMILES string of the molecule is O=C(CC(NC(=O)C(CC(=O)NC(CS(=O)(=O)O)C(=O)O)NC(=O)[C@@H](CC(=O)NC(CS(=O)(=O)O)C(=O)O)C(=O)[C@@H]1C[C@H](C(=O)C(=O)OCc2ccccc2)C[C@H](C(=O)C(=O)OCc2ccccc2)C1)C(=O)O)NC(CS(=O)(=O)O)C(=O)O. The number of benzene rings is 2. The first-order chi connectivity index (χ1) is 38.4. The van der Waals surface area contributed by atoms with Gasteiger partial charge in [-0.05, 0) is 30.4 Å². The van der Waals surface area contributed by atoms with Gasteiger partial charge in [-0.1, -0.05) is 60.7 Å². The van der Waals surface area contributed by atoms with Gasteiger partial charge < -0.3 is 56.5 Å². The predicted octanol–water partition coefficient (Wildman–Crippen LogP) is -4.57. The average molecular weight is 1240 g/mol. The molecule has 2 aromatic rings. The molecule has 1 aliphatic rings. The third-order valence-electron chi connectivity index (χ3n) is 11.8. The maximum atomic E-state index is 14.9. The van der Waals surface area contributed by atoms with Crippen LogP contribution < -0.4 is 26.6 Å². The Morgan fingerprint density at radius 3 is 1.07 bits per heavy atom. The fourth-order valence-corrected chi connectivity index (χ4v) is 9.88. The minimum atomic E-state index is -5.25. The number of aliphatic carboxylic acids is 4. The first kappa shape index (κ1) is 68.6. The number of Topliss-reactive ketones (excluding diaryl/α,β-unsaturated/α-hetero) is 3. The van der Waals surface area contributed by atoms with Crippen LogP contribution in [-0.2, 0) is 120 Å². The normalized spacial score (nSPS) is 17.4. The van der Waals surface area contributed by atoms with Crippen molar-refractivity contribution in [3.8, 4) is 0 Å². The second-order valence-electron chi connectivity index (χ2n) is 18.3. The summed E-state index contributed by atoms with van der Waals surface area (Å²) in [6.45, 7) is -0.984. The molecule has 37 heteroatoms. The summed E-state index contributed by atoms with van der Waals surface area (Å²) in [7, 11) is -15.6. The van der Waals surface area contributed by atoms with Gasteiger partial charge in [0.1, 0.15) is 72.4 Å². The number of carbonyl (C=O) groups excluding carboxylic acids is 10. The zero-order valence-electron chi connectivity index (χ0n) is 42.6. The molecule has 5 unspecified atom stereocenters. The Kier molecular flexibility index (Phi) is 25.1. The molecule has 83 heavy (non-hydrogen) atoms. The van der Waals surface area contributed by atoms with Crippen molar-refractivity contribution in [1.29, 1.82) is 0 Å². The molecular formula is C46H53N5O29S3. The van der Waals surface area contributed by atoms with Crippen LogP contribution in [0.1, 0.15) is 49.7 Å². The van der Waals surface area contributed by atoms with Crippen LogP contribution in [0.15, 0.2) is 60.7 Å². The molecule has 454 valence electrons. The fourth-order valence-electron chi connectivity index (χ4n) is 7.93. The zero-order valence-corrected chi connectivity index (χ0v) is 45.0. The van der Waals surface area contributed by atoms with Crippen molar-refractivity contribution in [2.24, 2.45) is 23.7 Å². The number of ether oxygens (including phenoxy) is 2. The predicted molar refractivity (Wildman–Crippen MR) is 269 cm³/mol. The number of carboxylic acids is 4. The topological polar surface area (TPSA) is 562 Å². The molecule has 3 rings (SSSR count). The molecule has 0 aliphatic heterocycles. The van der Waals surface area contributed by atoms with E-state index in [4.69, 9.17) is 14.0 Å². The molecule has 34 nitrogen and oxygen atoms in total. The smallest absolute Gasteiger partial charge is 0.375 e. The summed E-state index contributed by atoms with van der Waals surface area (Å²) in [5.74, 6) is -38.5. The average Bonchev–Trinajstić information content (AvgIpc) is 3.49. The molecule has 1 aliphatic carbocycles. The lowest BCUT2D eigenvalue weighted by Gasteiger charge is -2.33. The summed E-state index contributed by atoms with van der Waals surface area (Å²) in [5.41, 5.74) is 0.758. The third-order valence-corrected chi connectivity index (χ3v) is 14.1. The highest BCUT2D eigenvalue weighted by Crippen LogP contribution is 2.37. The Morgan fingerprint density at radius 2 is 0.735 bits per heavy atom. The lowest BCUT2D eigenvalue weighted by atomic mass is 9.69. The van der Waals surface area contributed by atoms with Crippen molar-refractivity contribution in [3.05, 3.63) is 71.8 Å². The number of nitrogens with one attached hydrogen (secondary N) is 5. The Hall–Kier alpha value is -8.65. The van der Waals surface area contributed by atoms with Crippen LogP contribution in [-0.4, -0.2) is 190 Å². The van der Waals surface area contributed by atoms with Crippen LogP contribution in [0.4, 0.5) is 0 Å². The van der Waals surface area contributed by atoms with Gasteiger partial charge in [0.25, 0.3) is 30.4 Å². The first-order valence-electron chi connectivity index (χ1n) is 23.7. The molecule has 0 saturated heterocycles. The summed E-state index contributed by atoms with van der Waals surface area (Å²) in [6, 6.07) is 2.55. The molecule has 0 aromatic heterocycles. The summed E-state index contributed by atoms with van der Waals surface area (Å²) in [5, 5.41) is 46.5. The molecule has 9 atom stereocenters. The van der Waals surface area contributed by atoms with Crippen molar-refractivity contribution < 1.29 is 136 Å². The number of ketones is 3. The van der Waals surface area contributed by atoms with E-state index in [1.807, 2.05) is 0 Å². The van der Waals surface area contributed by atoms with E-state index in [0.717, 1.165) is 0 Å². The standard InChI is InChI=1S/C46H53N5O29S3/c52-33(47-30(42(62)63)19-81(70,71)72)14-27(36(55)24-11-25(37(56)45(68)79-17-22-7-3-1-4-8-22)13-26(12-24)38(57)46(69)80-18-23-9-5-2-6-10-23)39(58)50-28(15-34(53)48-31(43(64)65)20-82(73,74)75)40(59)51-29(41(60)61)16-35(54)49-32(44(66)67)21-83(76,77)78/h1-10,24-32H,11-21H2,(H,47,52)(H,48,53)(H,49,54)(H,50,58)(H,51,59)(H,60,61)(H,62,63)(H,64,65)(H,66,67)(H,70,71,72)(H,73,74,75)(H,76,77,78)/t24-,25+,26-,27-,28?,29?,30?,31?,32?/m0/s1. The van der Waals surface area contributed by atoms with Gasteiger partial charge in [0.05, 0.1) is 12.8 Å². The lowest BCUT2D eigenvalue weighted by Crippen LogP contribution is -2.57. The number of amides is 5. The van der Waals surface area contributed by atoms with Crippen LogP contribution in [0.5, 0.6) is 0 Å². The van der Waals surface area contributed by atoms with E-state index in [-0.39, 0.29) is 0 Å². The molecule has 2 aromatic carbocycles. The maximum absolute atomic E-state index is 14.9. The van der Waals surface area contributed by atoms with Gasteiger partial charge in [-0.15, -0.1) is 0 Å². The Bertz CT molecular complexity index is 3120. The van der Waals surface area contributed by atoms with Crippen LogP contribution in [0.2, 0.25) is 0 Å². The molecule has 0 bridgehead atoms. The van der Waals surface area contributed by atoms with Crippen molar-refractivity contribution in [2.75, 3.05) is 17.3 Å². The molecule has 1 saturated carbocycles. The van der Waals surface area contributed by atoms with Gasteiger partial charge >= 0.3 is 35.8 Å². The second kappa shape index (κ2) is 30.4. The monoisotopic (exact) mass is 1240 g/mol. The highest BCUT2D eigenvalue weighted by molar-refractivity contribution is 7.86. The Morgan fingerprint density at radius 1 is 0.422 bits per heavy atom. The number of esters is 2. The van der Waals surface area contributed by atoms with E-state index in [2.05, 4.69) is 0 Å².